The van der Waals surface area contributed by atoms with Gasteiger partial charge in [-0.15, -0.1) is 0 Å². The number of ether oxygens (including phenoxy) is 1. The average Bonchev–Trinajstić information content (AvgIpc) is 2.47. The quantitative estimate of drug-likeness (QED) is 0.242. The highest BCUT2D eigenvalue weighted by Gasteiger charge is 2.35. The molecule has 14 nitrogen and oxygen atoms in total. The molecule has 5 N–H and O–H groups in total. The van der Waals surface area contributed by atoms with Crippen LogP contribution in [0.3, 0.4) is 0 Å². The normalized spacial score (nSPS) is 18.7. The molecule has 0 aromatic rings. The summed E-state index contributed by atoms with van der Waals surface area (Å²) in [6.45, 7) is 2.07. The van der Waals surface area contributed by atoms with E-state index in [9.17, 15) is 20.2 Å². The molecule has 1 fully saturated rings. The molecule has 22 heavy (non-hydrogen) atoms. The van der Waals surface area contributed by atoms with Crippen LogP contribution in [-0.4, -0.2) is 53.1 Å². The summed E-state index contributed by atoms with van der Waals surface area (Å²) >= 11 is 0. The summed E-state index contributed by atoms with van der Waals surface area (Å²) in [5, 5.41) is 25.7. The SMILES string of the molecule is NNC1=NC(=C([N+](=O)[O-])[N+](=O)[O-])NC(NN2CCOCC2)=N1. The van der Waals surface area contributed by atoms with E-state index in [-0.39, 0.29) is 11.9 Å². The zero-order chi connectivity index (χ0) is 16.1. The van der Waals surface area contributed by atoms with Gasteiger partial charge in [0.05, 0.1) is 13.2 Å². The second-order valence-electron chi connectivity index (χ2n) is 4.06. The van der Waals surface area contributed by atoms with Crippen LogP contribution < -0.4 is 22.0 Å². The average molecular weight is 315 g/mol. The molecule has 14 heteroatoms. The summed E-state index contributed by atoms with van der Waals surface area (Å²) in [4.78, 5) is 26.7. The second-order valence-corrected chi connectivity index (χ2v) is 4.06. The van der Waals surface area contributed by atoms with Gasteiger partial charge >= 0.3 is 5.82 Å². The van der Waals surface area contributed by atoms with Crippen molar-refractivity contribution in [3.05, 3.63) is 31.9 Å². The van der Waals surface area contributed by atoms with E-state index in [0.29, 0.717) is 26.3 Å². The minimum atomic E-state index is -1.32. The van der Waals surface area contributed by atoms with Crippen LogP contribution in [0.2, 0.25) is 0 Å². The van der Waals surface area contributed by atoms with Gasteiger partial charge in [0.1, 0.15) is 9.85 Å². The van der Waals surface area contributed by atoms with Crippen molar-refractivity contribution >= 4 is 11.9 Å². The number of hydrogen-bond acceptors (Lipinski definition) is 12. The van der Waals surface area contributed by atoms with E-state index < -0.39 is 21.5 Å². The first kappa shape index (κ1) is 15.5. The zero-order valence-electron chi connectivity index (χ0n) is 11.2. The summed E-state index contributed by atoms with van der Waals surface area (Å²) in [5.41, 5.74) is 4.92. The Kier molecular flexibility index (Phi) is 4.77. The van der Waals surface area contributed by atoms with Gasteiger partial charge in [-0.05, 0) is 0 Å². The maximum absolute atomic E-state index is 10.8. The zero-order valence-corrected chi connectivity index (χ0v) is 11.2. The van der Waals surface area contributed by atoms with E-state index in [1.54, 1.807) is 5.01 Å². The number of nitrogens with two attached hydrogens (primary N) is 1. The Morgan fingerprint density at radius 3 is 2.45 bits per heavy atom. The summed E-state index contributed by atoms with van der Waals surface area (Å²) < 4.78 is 5.17. The monoisotopic (exact) mass is 315 g/mol. The smallest absolute Gasteiger partial charge is 0.379 e. The van der Waals surface area contributed by atoms with Crippen LogP contribution in [0.25, 0.3) is 0 Å². The van der Waals surface area contributed by atoms with E-state index >= 15 is 0 Å². The molecule has 0 atom stereocenters. The van der Waals surface area contributed by atoms with Crippen LogP contribution in [0.5, 0.6) is 0 Å². The Morgan fingerprint density at radius 1 is 1.27 bits per heavy atom. The van der Waals surface area contributed by atoms with Crippen LogP contribution in [0, 0.1) is 20.2 Å². The van der Waals surface area contributed by atoms with E-state index in [1.807, 2.05) is 0 Å². The predicted molar refractivity (Wildman–Crippen MR) is 71.9 cm³/mol. The van der Waals surface area contributed by atoms with Gasteiger partial charge in [-0.3, -0.25) is 36.4 Å². The Morgan fingerprint density at radius 2 is 1.91 bits per heavy atom. The third-order valence-electron chi connectivity index (χ3n) is 2.63. The number of hydrazine groups is 2. The Balaban J connectivity index is 2.24. The first-order chi connectivity index (χ1) is 10.5. The molecule has 0 unspecified atom stereocenters. The molecule has 0 spiro atoms. The molecular formula is C8H13N9O5. The minimum Gasteiger partial charge on any atom is -0.379 e. The molecular weight excluding hydrogens is 302 g/mol. The lowest BCUT2D eigenvalue weighted by molar-refractivity contribution is -0.617. The van der Waals surface area contributed by atoms with Crippen LogP contribution >= 0.6 is 0 Å². The van der Waals surface area contributed by atoms with Crippen molar-refractivity contribution in [1.82, 2.24) is 21.2 Å². The van der Waals surface area contributed by atoms with Crippen molar-refractivity contribution in [2.24, 2.45) is 15.8 Å². The lowest BCUT2D eigenvalue weighted by Gasteiger charge is -2.29. The summed E-state index contributed by atoms with van der Waals surface area (Å²) in [6.07, 6.45) is 0. The highest BCUT2D eigenvalue weighted by atomic mass is 16.7. The van der Waals surface area contributed by atoms with Gasteiger partial charge < -0.3 is 4.74 Å². The lowest BCUT2D eigenvalue weighted by atomic mass is 10.5. The van der Waals surface area contributed by atoms with E-state index in [2.05, 4.69) is 26.2 Å². The molecule has 120 valence electrons. The number of hydrogen-bond donors (Lipinski definition) is 4. The molecule has 0 aromatic carbocycles. The number of rotatable bonds is 3. The number of nitrogens with zero attached hydrogens (tertiary/aromatic N) is 5. The molecule has 0 radical (unpaired) electrons. The van der Waals surface area contributed by atoms with Crippen molar-refractivity contribution in [1.29, 1.82) is 0 Å². The third-order valence-corrected chi connectivity index (χ3v) is 2.63. The van der Waals surface area contributed by atoms with Crippen LogP contribution in [0.1, 0.15) is 0 Å². The first-order valence-corrected chi connectivity index (χ1v) is 6.04. The van der Waals surface area contributed by atoms with E-state index in [1.165, 1.54) is 0 Å². The third kappa shape index (κ3) is 3.62. The minimum absolute atomic E-state index is 0.0149. The molecule has 2 aliphatic heterocycles. The fraction of sp³-hybridized carbons (Fsp3) is 0.500. The largest absolute Gasteiger partial charge is 0.602 e. The maximum Gasteiger partial charge on any atom is 0.602 e. The number of morpholine rings is 1. The van der Waals surface area contributed by atoms with E-state index in [0.717, 1.165) is 0 Å². The van der Waals surface area contributed by atoms with Gasteiger partial charge in [-0.1, -0.05) is 0 Å². The molecule has 0 aromatic heterocycles. The van der Waals surface area contributed by atoms with Crippen LogP contribution in [0.15, 0.2) is 21.6 Å². The molecule has 1 saturated heterocycles. The number of nitro groups is 2. The molecule has 0 saturated carbocycles. The summed E-state index contributed by atoms with van der Waals surface area (Å²) in [6, 6.07) is 0. The number of aliphatic imine (C=N–C) groups is 2. The highest BCUT2D eigenvalue weighted by Crippen LogP contribution is 2.08. The molecule has 0 aliphatic carbocycles. The second kappa shape index (κ2) is 6.74. The first-order valence-electron chi connectivity index (χ1n) is 6.04. The molecule has 2 rings (SSSR count). The summed E-state index contributed by atoms with van der Waals surface area (Å²) in [5.74, 6) is 3.07. The maximum atomic E-state index is 10.8. The van der Waals surface area contributed by atoms with Crippen LogP contribution in [-0.2, 0) is 4.74 Å². The standard InChI is InChI=1S/C8H13N9O5/c9-13-7-10-5(6(16(18)19)17(20)21)11-8(12-7)14-15-1-3-22-4-2-15/h1-4,9H2,(H3,10,11,12,13,14). The number of nitrogens with one attached hydrogen (secondary N) is 3. The van der Waals surface area contributed by atoms with Gasteiger partial charge in [-0.2, -0.15) is 9.98 Å². The lowest BCUT2D eigenvalue weighted by Crippen LogP contribution is -2.54. The summed E-state index contributed by atoms with van der Waals surface area (Å²) in [7, 11) is 0. The van der Waals surface area contributed by atoms with Gasteiger partial charge in [0.2, 0.25) is 11.9 Å². The molecule has 0 bridgehead atoms. The Labute approximate surface area is 122 Å². The van der Waals surface area contributed by atoms with Crippen molar-refractivity contribution in [3.8, 4) is 0 Å². The van der Waals surface area contributed by atoms with Crippen molar-refractivity contribution in [2.75, 3.05) is 26.3 Å². The van der Waals surface area contributed by atoms with Crippen molar-refractivity contribution in [2.45, 2.75) is 0 Å². The van der Waals surface area contributed by atoms with Crippen molar-refractivity contribution in [3.63, 3.8) is 0 Å². The predicted octanol–water partition coefficient (Wildman–Crippen LogP) is -2.72. The van der Waals surface area contributed by atoms with Gasteiger partial charge in [0, 0.05) is 13.1 Å². The van der Waals surface area contributed by atoms with Gasteiger partial charge in [0.15, 0.2) is 0 Å². The highest BCUT2D eigenvalue weighted by molar-refractivity contribution is 5.97. The fourth-order valence-corrected chi connectivity index (χ4v) is 1.69. The van der Waals surface area contributed by atoms with Gasteiger partial charge in [-0.25, -0.2) is 10.9 Å². The number of guanidine groups is 2. The molecule has 2 heterocycles. The van der Waals surface area contributed by atoms with Gasteiger partial charge in [0.25, 0.3) is 5.82 Å². The Bertz CT molecular complexity index is 548. The Hall–Kier alpha value is -2.84. The molecule has 2 aliphatic rings. The van der Waals surface area contributed by atoms with Crippen LogP contribution in [0.4, 0.5) is 0 Å². The molecule has 0 amide bonds. The van der Waals surface area contributed by atoms with E-state index in [4.69, 9.17) is 10.6 Å². The topological polar surface area (TPSA) is 186 Å². The fourth-order valence-electron chi connectivity index (χ4n) is 1.69. The van der Waals surface area contributed by atoms with Crippen molar-refractivity contribution < 1.29 is 14.6 Å².